The van der Waals surface area contributed by atoms with Crippen molar-refractivity contribution in [3.05, 3.63) is 78.3 Å². The van der Waals surface area contributed by atoms with Gasteiger partial charge in [0.05, 0.1) is 18.3 Å². The maximum Gasteiger partial charge on any atom is 0.241 e. The summed E-state index contributed by atoms with van der Waals surface area (Å²) in [4.78, 5) is 12.7. The molecule has 0 unspecified atom stereocenters. The highest BCUT2D eigenvalue weighted by Gasteiger charge is 2.23. The molecular weight excluding hydrogens is 344 g/mol. The monoisotopic (exact) mass is 364 g/mol. The SMILES string of the molecule is C[C@H](N[C@@H](c1ccccc1)c1ccco1)C(=O)Nc1ccc2c(c1)OCO2. The Balaban J connectivity index is 1.47. The molecule has 1 aliphatic rings. The van der Waals surface area contributed by atoms with E-state index in [4.69, 9.17) is 13.9 Å². The number of rotatable bonds is 6. The van der Waals surface area contributed by atoms with Gasteiger partial charge in [-0.15, -0.1) is 0 Å². The molecule has 2 N–H and O–H groups in total. The number of benzene rings is 2. The summed E-state index contributed by atoms with van der Waals surface area (Å²) in [5.74, 6) is 1.91. The Morgan fingerprint density at radius 2 is 1.81 bits per heavy atom. The van der Waals surface area contributed by atoms with Crippen molar-refractivity contribution in [3.63, 3.8) is 0 Å². The molecule has 2 heterocycles. The zero-order valence-corrected chi connectivity index (χ0v) is 14.8. The minimum atomic E-state index is -0.453. The van der Waals surface area contributed by atoms with Crippen molar-refractivity contribution in [2.24, 2.45) is 0 Å². The number of fused-ring (bicyclic) bond motifs is 1. The first-order chi connectivity index (χ1) is 13.2. The maximum absolute atomic E-state index is 12.7. The molecule has 6 heteroatoms. The molecule has 0 fully saturated rings. The summed E-state index contributed by atoms with van der Waals surface area (Å²) >= 11 is 0. The topological polar surface area (TPSA) is 72.7 Å². The molecule has 1 aromatic heterocycles. The summed E-state index contributed by atoms with van der Waals surface area (Å²) in [5, 5.41) is 6.25. The number of anilines is 1. The lowest BCUT2D eigenvalue weighted by Crippen LogP contribution is -2.40. The molecule has 2 atom stereocenters. The Morgan fingerprint density at radius 1 is 1.00 bits per heavy atom. The number of carbonyl (C=O) groups is 1. The average molecular weight is 364 g/mol. The fraction of sp³-hybridized carbons (Fsp3) is 0.190. The smallest absolute Gasteiger partial charge is 0.241 e. The van der Waals surface area contributed by atoms with E-state index in [9.17, 15) is 4.79 Å². The van der Waals surface area contributed by atoms with Gasteiger partial charge in [-0.2, -0.15) is 0 Å². The lowest BCUT2D eigenvalue weighted by molar-refractivity contribution is -0.117. The van der Waals surface area contributed by atoms with Crippen LogP contribution in [0.4, 0.5) is 5.69 Å². The summed E-state index contributed by atoms with van der Waals surface area (Å²) < 4.78 is 16.2. The van der Waals surface area contributed by atoms with Gasteiger partial charge in [0.2, 0.25) is 12.7 Å². The van der Waals surface area contributed by atoms with Crippen LogP contribution in [-0.2, 0) is 4.79 Å². The highest BCUT2D eigenvalue weighted by molar-refractivity contribution is 5.94. The van der Waals surface area contributed by atoms with Gasteiger partial charge in [-0.3, -0.25) is 10.1 Å². The quantitative estimate of drug-likeness (QED) is 0.697. The number of hydrogen-bond acceptors (Lipinski definition) is 5. The van der Waals surface area contributed by atoms with Crippen LogP contribution in [0, 0.1) is 0 Å². The highest BCUT2D eigenvalue weighted by Crippen LogP contribution is 2.34. The first-order valence-corrected chi connectivity index (χ1v) is 8.75. The van der Waals surface area contributed by atoms with E-state index in [1.807, 2.05) is 49.4 Å². The van der Waals surface area contributed by atoms with Gasteiger partial charge in [-0.1, -0.05) is 30.3 Å². The zero-order chi connectivity index (χ0) is 18.6. The molecule has 0 aliphatic carbocycles. The molecule has 1 aliphatic heterocycles. The Morgan fingerprint density at radius 3 is 2.59 bits per heavy atom. The van der Waals surface area contributed by atoms with Crippen molar-refractivity contribution in [3.8, 4) is 11.5 Å². The number of nitrogens with one attached hydrogen (secondary N) is 2. The van der Waals surface area contributed by atoms with Crippen LogP contribution in [0.15, 0.2) is 71.3 Å². The van der Waals surface area contributed by atoms with Crippen LogP contribution in [-0.4, -0.2) is 18.7 Å². The van der Waals surface area contributed by atoms with Crippen molar-refractivity contribution in [1.82, 2.24) is 5.32 Å². The molecule has 0 saturated carbocycles. The van der Waals surface area contributed by atoms with E-state index < -0.39 is 6.04 Å². The zero-order valence-electron chi connectivity index (χ0n) is 14.8. The van der Waals surface area contributed by atoms with Gasteiger partial charge in [-0.05, 0) is 36.8 Å². The summed E-state index contributed by atoms with van der Waals surface area (Å²) in [7, 11) is 0. The Kier molecular flexibility index (Phi) is 4.80. The fourth-order valence-electron chi connectivity index (χ4n) is 2.99. The second-order valence-electron chi connectivity index (χ2n) is 6.30. The number of carbonyl (C=O) groups excluding carboxylic acids is 1. The summed E-state index contributed by atoms with van der Waals surface area (Å²) in [6.45, 7) is 2.02. The number of amides is 1. The third-order valence-electron chi connectivity index (χ3n) is 4.41. The maximum atomic E-state index is 12.7. The van der Waals surface area contributed by atoms with Gasteiger partial charge < -0.3 is 19.2 Å². The van der Waals surface area contributed by atoms with E-state index in [1.165, 1.54) is 0 Å². The Labute approximate surface area is 157 Å². The second-order valence-corrected chi connectivity index (χ2v) is 6.30. The molecule has 0 saturated heterocycles. The van der Waals surface area contributed by atoms with E-state index in [-0.39, 0.29) is 18.7 Å². The third-order valence-corrected chi connectivity index (χ3v) is 4.41. The van der Waals surface area contributed by atoms with E-state index >= 15 is 0 Å². The standard InChI is InChI=1S/C21H20N2O4/c1-14(21(24)23-16-9-10-17-19(12-16)27-13-26-17)22-20(18-8-5-11-25-18)15-6-3-2-4-7-15/h2-12,14,20,22H,13H2,1H3,(H,23,24)/t14-,20-/m0/s1. The summed E-state index contributed by atoms with van der Waals surface area (Å²) in [6.07, 6.45) is 1.63. The normalized spacial score (nSPS) is 14.6. The summed E-state index contributed by atoms with van der Waals surface area (Å²) in [6, 6.07) is 18.3. The van der Waals surface area contributed by atoms with Crippen molar-refractivity contribution in [2.45, 2.75) is 19.0 Å². The molecule has 138 valence electrons. The third kappa shape index (κ3) is 3.80. The van der Waals surface area contributed by atoms with Crippen LogP contribution in [0.2, 0.25) is 0 Å². The molecule has 1 amide bonds. The van der Waals surface area contributed by atoms with E-state index in [0.29, 0.717) is 17.2 Å². The van der Waals surface area contributed by atoms with E-state index in [2.05, 4.69) is 10.6 Å². The van der Waals surface area contributed by atoms with Gasteiger partial charge in [0.25, 0.3) is 0 Å². The Bertz CT molecular complexity index is 909. The first-order valence-electron chi connectivity index (χ1n) is 8.75. The highest BCUT2D eigenvalue weighted by atomic mass is 16.7. The predicted octanol–water partition coefficient (Wildman–Crippen LogP) is 3.71. The molecule has 2 aromatic carbocycles. The largest absolute Gasteiger partial charge is 0.467 e. The van der Waals surface area contributed by atoms with Crippen molar-refractivity contribution in [2.75, 3.05) is 12.1 Å². The lowest BCUT2D eigenvalue weighted by atomic mass is 10.0. The second kappa shape index (κ2) is 7.55. The van der Waals surface area contributed by atoms with Crippen LogP contribution in [0.1, 0.15) is 24.3 Å². The van der Waals surface area contributed by atoms with Crippen molar-refractivity contribution < 1.29 is 18.7 Å². The molecule has 3 aromatic rings. The van der Waals surface area contributed by atoms with Crippen LogP contribution in [0.3, 0.4) is 0 Å². The van der Waals surface area contributed by atoms with Crippen molar-refractivity contribution >= 4 is 11.6 Å². The van der Waals surface area contributed by atoms with E-state index in [1.54, 1.807) is 24.5 Å². The van der Waals surface area contributed by atoms with Gasteiger partial charge in [0, 0.05) is 11.8 Å². The number of ether oxygens (including phenoxy) is 2. The lowest BCUT2D eigenvalue weighted by Gasteiger charge is -2.22. The van der Waals surface area contributed by atoms with E-state index in [0.717, 1.165) is 11.3 Å². The first kappa shape index (κ1) is 17.2. The van der Waals surface area contributed by atoms with Gasteiger partial charge in [0.1, 0.15) is 5.76 Å². The predicted molar refractivity (Wildman–Crippen MR) is 101 cm³/mol. The van der Waals surface area contributed by atoms with Crippen LogP contribution in [0.5, 0.6) is 11.5 Å². The minimum Gasteiger partial charge on any atom is -0.467 e. The van der Waals surface area contributed by atoms with Crippen LogP contribution >= 0.6 is 0 Å². The molecule has 0 radical (unpaired) electrons. The van der Waals surface area contributed by atoms with Gasteiger partial charge in [0.15, 0.2) is 11.5 Å². The molecule has 0 spiro atoms. The van der Waals surface area contributed by atoms with Gasteiger partial charge in [-0.25, -0.2) is 0 Å². The van der Waals surface area contributed by atoms with Crippen molar-refractivity contribution in [1.29, 1.82) is 0 Å². The fourth-order valence-corrected chi connectivity index (χ4v) is 2.99. The molecule has 27 heavy (non-hydrogen) atoms. The average Bonchev–Trinajstić information content (AvgIpc) is 3.38. The Hall–Kier alpha value is -3.25. The molecule has 4 rings (SSSR count). The minimum absolute atomic E-state index is 0.152. The number of furan rings is 1. The molecular formula is C21H20N2O4. The molecule has 6 nitrogen and oxygen atoms in total. The number of hydrogen-bond donors (Lipinski definition) is 2. The van der Waals surface area contributed by atoms with Gasteiger partial charge >= 0.3 is 0 Å². The molecule has 0 bridgehead atoms. The van der Waals surface area contributed by atoms with Crippen LogP contribution in [0.25, 0.3) is 0 Å². The summed E-state index contributed by atoms with van der Waals surface area (Å²) in [5.41, 5.74) is 1.68. The van der Waals surface area contributed by atoms with Crippen LogP contribution < -0.4 is 20.1 Å².